The van der Waals surface area contributed by atoms with Gasteiger partial charge in [0.1, 0.15) is 0 Å². The Balaban J connectivity index is 0.000000198. The average Bonchev–Trinajstić information content (AvgIpc) is 2.64. The second kappa shape index (κ2) is 9.86. The third kappa shape index (κ3) is 5.96. The van der Waals surface area contributed by atoms with Crippen molar-refractivity contribution in [3.8, 4) is 11.1 Å². The zero-order chi connectivity index (χ0) is 17.4. The van der Waals surface area contributed by atoms with Crippen LogP contribution < -0.4 is 0 Å². The molecule has 1 saturated heterocycles. The molecular formula is C22H30ClN. The van der Waals surface area contributed by atoms with E-state index in [1.165, 1.54) is 49.2 Å². The molecule has 0 N–H and O–H groups in total. The maximum atomic E-state index is 5.85. The SMILES string of the molecule is CCN1CCC(C)CC1.CCc1ccc(-c2ccc(Cl)cc2)cc1. The maximum Gasteiger partial charge on any atom is 0.0406 e. The molecule has 1 aliphatic heterocycles. The molecule has 1 aliphatic rings. The molecule has 1 nitrogen and oxygen atoms in total. The minimum absolute atomic E-state index is 0.781. The summed E-state index contributed by atoms with van der Waals surface area (Å²) in [5.41, 5.74) is 3.82. The summed E-state index contributed by atoms with van der Waals surface area (Å²) in [6.07, 6.45) is 3.91. The van der Waals surface area contributed by atoms with Crippen LogP contribution >= 0.6 is 11.6 Å². The molecule has 2 heteroatoms. The summed E-state index contributed by atoms with van der Waals surface area (Å²) in [5.74, 6) is 0.979. The van der Waals surface area contributed by atoms with Crippen LogP contribution in [-0.2, 0) is 6.42 Å². The van der Waals surface area contributed by atoms with E-state index in [-0.39, 0.29) is 0 Å². The van der Waals surface area contributed by atoms with E-state index in [4.69, 9.17) is 11.6 Å². The number of nitrogens with zero attached hydrogens (tertiary/aromatic N) is 1. The second-order valence-corrected chi connectivity index (χ2v) is 7.11. The Kier molecular flexibility index (Phi) is 7.81. The van der Waals surface area contributed by atoms with Crippen LogP contribution in [0.5, 0.6) is 0 Å². The minimum Gasteiger partial charge on any atom is -0.304 e. The van der Waals surface area contributed by atoms with Gasteiger partial charge < -0.3 is 4.90 Å². The lowest BCUT2D eigenvalue weighted by atomic mass is 9.99. The molecule has 0 saturated carbocycles. The number of hydrogen-bond donors (Lipinski definition) is 0. The van der Waals surface area contributed by atoms with Gasteiger partial charge in [0.25, 0.3) is 0 Å². The molecular weight excluding hydrogens is 314 g/mol. The van der Waals surface area contributed by atoms with Crippen LogP contribution in [0.15, 0.2) is 48.5 Å². The maximum absolute atomic E-state index is 5.85. The molecule has 2 aromatic carbocycles. The number of aryl methyl sites for hydroxylation is 1. The van der Waals surface area contributed by atoms with E-state index in [9.17, 15) is 0 Å². The fraction of sp³-hybridized carbons (Fsp3) is 0.455. The molecule has 3 rings (SSSR count). The van der Waals surface area contributed by atoms with Crippen molar-refractivity contribution in [1.82, 2.24) is 4.90 Å². The number of rotatable bonds is 3. The zero-order valence-electron chi connectivity index (χ0n) is 15.3. The van der Waals surface area contributed by atoms with Gasteiger partial charge in [0.2, 0.25) is 0 Å². The van der Waals surface area contributed by atoms with Gasteiger partial charge in [-0.25, -0.2) is 0 Å². The first-order valence-electron chi connectivity index (χ1n) is 9.19. The molecule has 130 valence electrons. The van der Waals surface area contributed by atoms with Crippen molar-refractivity contribution in [1.29, 1.82) is 0 Å². The summed E-state index contributed by atoms with van der Waals surface area (Å²) in [7, 11) is 0. The molecule has 0 unspecified atom stereocenters. The average molecular weight is 344 g/mol. The first-order chi connectivity index (χ1) is 11.6. The third-order valence-electron chi connectivity index (χ3n) is 4.86. The Hall–Kier alpha value is -1.31. The first-order valence-corrected chi connectivity index (χ1v) is 9.57. The minimum atomic E-state index is 0.781. The van der Waals surface area contributed by atoms with Crippen LogP contribution in [0.25, 0.3) is 11.1 Å². The lowest BCUT2D eigenvalue weighted by Gasteiger charge is -2.28. The van der Waals surface area contributed by atoms with E-state index in [1.54, 1.807) is 0 Å². The second-order valence-electron chi connectivity index (χ2n) is 6.67. The predicted octanol–water partition coefficient (Wildman–Crippen LogP) is 6.31. The van der Waals surface area contributed by atoms with Gasteiger partial charge in [-0.3, -0.25) is 0 Å². The van der Waals surface area contributed by atoms with Gasteiger partial charge in [0.15, 0.2) is 0 Å². The normalized spacial score (nSPS) is 15.7. The van der Waals surface area contributed by atoms with E-state index in [2.05, 4.69) is 49.9 Å². The Morgan fingerprint density at radius 3 is 1.83 bits per heavy atom. The highest BCUT2D eigenvalue weighted by molar-refractivity contribution is 6.30. The standard InChI is InChI=1S/C14H13Cl.C8H17N/c1-2-11-3-5-12(6-4-11)13-7-9-14(15)10-8-13;1-3-9-6-4-8(2)5-7-9/h3-10H,2H2,1H3;8H,3-7H2,1-2H3. The van der Waals surface area contributed by atoms with Crippen molar-refractivity contribution in [2.75, 3.05) is 19.6 Å². The molecule has 0 bridgehead atoms. The van der Waals surface area contributed by atoms with Gasteiger partial charge in [0, 0.05) is 5.02 Å². The largest absolute Gasteiger partial charge is 0.304 e. The molecule has 0 atom stereocenters. The van der Waals surface area contributed by atoms with Crippen LogP contribution in [0.3, 0.4) is 0 Å². The molecule has 0 aliphatic carbocycles. The van der Waals surface area contributed by atoms with Crippen LogP contribution in [0.1, 0.15) is 39.2 Å². The van der Waals surface area contributed by atoms with Crippen LogP contribution in [-0.4, -0.2) is 24.5 Å². The monoisotopic (exact) mass is 343 g/mol. The van der Waals surface area contributed by atoms with Gasteiger partial charge in [-0.1, -0.05) is 68.8 Å². The third-order valence-corrected chi connectivity index (χ3v) is 5.12. The molecule has 0 spiro atoms. The number of benzene rings is 2. The summed E-state index contributed by atoms with van der Waals surface area (Å²) in [6.45, 7) is 10.7. The predicted molar refractivity (Wildman–Crippen MR) is 107 cm³/mol. The van der Waals surface area contributed by atoms with Crippen molar-refractivity contribution < 1.29 is 0 Å². The summed E-state index contributed by atoms with van der Waals surface area (Å²) in [6, 6.07) is 16.6. The molecule has 2 aromatic rings. The van der Waals surface area contributed by atoms with Gasteiger partial charge in [-0.05, 0) is 73.6 Å². The molecule has 24 heavy (non-hydrogen) atoms. The molecule has 0 amide bonds. The highest BCUT2D eigenvalue weighted by Crippen LogP contribution is 2.21. The zero-order valence-corrected chi connectivity index (χ0v) is 16.0. The van der Waals surface area contributed by atoms with Crippen LogP contribution in [0.2, 0.25) is 5.02 Å². The Labute approximate surface area is 152 Å². The highest BCUT2D eigenvalue weighted by Gasteiger charge is 2.12. The van der Waals surface area contributed by atoms with E-state index in [0.717, 1.165) is 17.4 Å². The van der Waals surface area contributed by atoms with E-state index in [1.807, 2.05) is 24.3 Å². The molecule has 0 aromatic heterocycles. The van der Waals surface area contributed by atoms with Crippen LogP contribution in [0.4, 0.5) is 0 Å². The molecule has 1 fully saturated rings. The Morgan fingerprint density at radius 2 is 1.38 bits per heavy atom. The number of likely N-dealkylation sites (tertiary alicyclic amines) is 1. The summed E-state index contributed by atoms with van der Waals surface area (Å²) >= 11 is 5.85. The smallest absolute Gasteiger partial charge is 0.0406 e. The lowest BCUT2D eigenvalue weighted by molar-refractivity contribution is 0.201. The van der Waals surface area contributed by atoms with Gasteiger partial charge in [-0.15, -0.1) is 0 Å². The van der Waals surface area contributed by atoms with E-state index < -0.39 is 0 Å². The Morgan fingerprint density at radius 1 is 0.875 bits per heavy atom. The van der Waals surface area contributed by atoms with E-state index in [0.29, 0.717) is 0 Å². The summed E-state index contributed by atoms with van der Waals surface area (Å²) in [4.78, 5) is 2.53. The van der Waals surface area contributed by atoms with Crippen molar-refractivity contribution in [2.45, 2.75) is 40.0 Å². The molecule has 0 radical (unpaired) electrons. The first kappa shape index (κ1) is 19.0. The number of halogens is 1. The lowest BCUT2D eigenvalue weighted by Crippen LogP contribution is -2.32. The fourth-order valence-electron chi connectivity index (χ4n) is 2.95. The highest BCUT2D eigenvalue weighted by atomic mass is 35.5. The number of piperidine rings is 1. The van der Waals surface area contributed by atoms with Crippen molar-refractivity contribution in [3.05, 3.63) is 59.1 Å². The fourth-order valence-corrected chi connectivity index (χ4v) is 3.08. The van der Waals surface area contributed by atoms with E-state index >= 15 is 0 Å². The quantitative estimate of drug-likeness (QED) is 0.631. The van der Waals surface area contributed by atoms with Crippen LogP contribution in [0, 0.1) is 5.92 Å². The van der Waals surface area contributed by atoms with Gasteiger partial charge in [-0.2, -0.15) is 0 Å². The Bertz CT molecular complexity index is 580. The van der Waals surface area contributed by atoms with Gasteiger partial charge >= 0.3 is 0 Å². The topological polar surface area (TPSA) is 3.24 Å². The summed E-state index contributed by atoms with van der Waals surface area (Å²) in [5, 5.41) is 0.781. The van der Waals surface area contributed by atoms with Crippen molar-refractivity contribution in [3.63, 3.8) is 0 Å². The summed E-state index contributed by atoms with van der Waals surface area (Å²) < 4.78 is 0. The van der Waals surface area contributed by atoms with Gasteiger partial charge in [0.05, 0.1) is 0 Å². The van der Waals surface area contributed by atoms with Crippen molar-refractivity contribution >= 4 is 11.6 Å². The van der Waals surface area contributed by atoms with Crippen molar-refractivity contribution in [2.24, 2.45) is 5.92 Å². The number of hydrogen-bond acceptors (Lipinski definition) is 1. The molecule has 1 heterocycles.